The van der Waals surface area contributed by atoms with Crippen molar-refractivity contribution in [3.05, 3.63) is 0 Å². The Bertz CT molecular complexity index is 301. The number of hydrogen-bond donors (Lipinski definition) is 0. The van der Waals surface area contributed by atoms with Crippen molar-refractivity contribution in [2.75, 3.05) is 26.2 Å². The largest absolute Gasteiger partial charge is 0.324 e. The van der Waals surface area contributed by atoms with Crippen LogP contribution in [0.2, 0.25) is 0 Å². The molecule has 0 saturated heterocycles. The lowest BCUT2D eigenvalue weighted by atomic mass is 10.1. The molecule has 0 radical (unpaired) electrons. The van der Waals surface area contributed by atoms with Crippen LogP contribution in [0.5, 0.6) is 0 Å². The van der Waals surface area contributed by atoms with Crippen molar-refractivity contribution >= 4 is 6.29 Å². The highest BCUT2D eigenvalue weighted by Gasteiger charge is 2.25. The lowest BCUT2D eigenvalue weighted by molar-refractivity contribution is -0.929. The van der Waals surface area contributed by atoms with E-state index >= 15 is 0 Å². The number of unbranched alkanes of at least 4 members (excludes halogenated alkanes) is 15. The Morgan fingerprint density at radius 1 is 0.406 bits per heavy atom. The van der Waals surface area contributed by atoms with Crippen molar-refractivity contribution in [1.82, 2.24) is 0 Å². The molecule has 0 spiro atoms. The van der Waals surface area contributed by atoms with Crippen LogP contribution >= 0.6 is 0 Å². The number of hydrogen-bond acceptors (Lipinski definition) is 1. The Kier molecular flexibility index (Phi) is 30.3. The van der Waals surface area contributed by atoms with Crippen LogP contribution in [0.15, 0.2) is 0 Å². The van der Waals surface area contributed by atoms with E-state index in [-0.39, 0.29) is 0 Å². The van der Waals surface area contributed by atoms with E-state index in [0.29, 0.717) is 6.42 Å². The summed E-state index contributed by atoms with van der Waals surface area (Å²) >= 11 is 0. The van der Waals surface area contributed by atoms with E-state index in [4.69, 9.17) is 0 Å². The SMILES string of the molecule is CCC=O.CCCCCCCC[N+](CCC)(CCCCCCCC)CCCCCCCC. The molecular formula is C30H64NO+. The minimum Gasteiger partial charge on any atom is -0.324 e. The third-order valence-electron chi connectivity index (χ3n) is 6.82. The molecule has 0 N–H and O–H groups in total. The van der Waals surface area contributed by atoms with E-state index in [1.165, 1.54) is 153 Å². The molecule has 0 aromatic rings. The first-order valence-corrected chi connectivity index (χ1v) is 14.9. The van der Waals surface area contributed by atoms with E-state index in [0.717, 1.165) is 6.29 Å². The molecule has 0 aromatic carbocycles. The minimum atomic E-state index is 0.639. The summed E-state index contributed by atoms with van der Waals surface area (Å²) in [5, 5.41) is 0. The number of carbonyl (C=O) groups excluding carboxylic acids is 1. The van der Waals surface area contributed by atoms with Crippen molar-refractivity contribution < 1.29 is 9.28 Å². The van der Waals surface area contributed by atoms with E-state index in [1.807, 2.05) is 6.92 Å². The highest BCUT2D eigenvalue weighted by Crippen LogP contribution is 2.19. The first kappa shape index (κ1) is 33.8. The average molecular weight is 455 g/mol. The third-order valence-corrected chi connectivity index (χ3v) is 6.82. The van der Waals surface area contributed by atoms with Crippen molar-refractivity contribution in [2.45, 2.75) is 163 Å². The molecule has 0 saturated carbocycles. The number of aldehydes is 1. The van der Waals surface area contributed by atoms with E-state index < -0.39 is 0 Å². The Labute approximate surface area is 204 Å². The van der Waals surface area contributed by atoms with Gasteiger partial charge in [-0.25, -0.2) is 0 Å². The fourth-order valence-corrected chi connectivity index (χ4v) is 4.83. The molecule has 0 rings (SSSR count). The average Bonchev–Trinajstić information content (AvgIpc) is 2.81. The summed E-state index contributed by atoms with van der Waals surface area (Å²) in [4.78, 5) is 9.17. The molecule has 0 aliphatic heterocycles. The van der Waals surface area contributed by atoms with Gasteiger partial charge in [0.15, 0.2) is 0 Å². The molecule has 0 heterocycles. The Balaban J connectivity index is 0. The third kappa shape index (κ3) is 24.3. The van der Waals surface area contributed by atoms with E-state index in [2.05, 4.69) is 27.7 Å². The van der Waals surface area contributed by atoms with Crippen LogP contribution in [0.1, 0.15) is 163 Å². The predicted octanol–water partition coefficient (Wildman–Crippen LogP) is 9.89. The summed E-state index contributed by atoms with van der Waals surface area (Å²) in [5.74, 6) is 0. The molecule has 2 heteroatoms. The van der Waals surface area contributed by atoms with Crippen LogP contribution < -0.4 is 0 Å². The molecule has 0 unspecified atom stereocenters. The van der Waals surface area contributed by atoms with Crippen molar-refractivity contribution in [1.29, 1.82) is 0 Å². The summed E-state index contributed by atoms with van der Waals surface area (Å²) in [6.07, 6.45) is 28.9. The first-order valence-electron chi connectivity index (χ1n) is 14.9. The molecule has 0 atom stereocenters. The zero-order chi connectivity index (χ0) is 24.2. The van der Waals surface area contributed by atoms with Crippen molar-refractivity contribution in [3.63, 3.8) is 0 Å². The van der Waals surface area contributed by atoms with Gasteiger partial charge in [-0.05, 0) is 44.9 Å². The molecule has 0 aliphatic rings. The van der Waals surface area contributed by atoms with Gasteiger partial charge in [0.2, 0.25) is 0 Å². The maximum Gasteiger partial charge on any atom is 0.119 e. The Hall–Kier alpha value is -0.370. The topological polar surface area (TPSA) is 17.1 Å². The predicted molar refractivity (Wildman–Crippen MR) is 147 cm³/mol. The summed E-state index contributed by atoms with van der Waals surface area (Å²) in [7, 11) is 0. The monoisotopic (exact) mass is 454 g/mol. The first-order chi connectivity index (χ1) is 15.7. The summed E-state index contributed by atoms with van der Waals surface area (Å²) in [6, 6.07) is 0. The molecule has 0 aromatic heterocycles. The zero-order valence-corrected chi connectivity index (χ0v) is 23.4. The van der Waals surface area contributed by atoms with Crippen LogP contribution in [-0.4, -0.2) is 36.9 Å². The second-order valence-corrected chi connectivity index (χ2v) is 10.1. The fraction of sp³-hybridized carbons (Fsp3) is 0.967. The molecule has 0 aliphatic carbocycles. The smallest absolute Gasteiger partial charge is 0.119 e. The molecule has 194 valence electrons. The Morgan fingerprint density at radius 3 is 0.938 bits per heavy atom. The molecule has 0 fully saturated rings. The quantitative estimate of drug-likeness (QED) is 0.0805. The molecule has 2 nitrogen and oxygen atoms in total. The van der Waals surface area contributed by atoms with Gasteiger partial charge in [-0.3, -0.25) is 0 Å². The van der Waals surface area contributed by atoms with Gasteiger partial charge in [0.1, 0.15) is 6.29 Å². The van der Waals surface area contributed by atoms with Crippen LogP contribution in [0, 0.1) is 0 Å². The standard InChI is InChI=1S/C27H58N.C3H6O/c1-5-9-12-15-18-21-25-28(24-8-4,26-22-19-16-13-10-6-2)27-23-20-17-14-11-7-3;1-2-3-4/h5-27H2,1-4H3;3H,2H2,1H3/q+1;. The van der Waals surface area contributed by atoms with Crippen LogP contribution in [0.4, 0.5) is 0 Å². The normalized spacial score (nSPS) is 11.3. The second-order valence-electron chi connectivity index (χ2n) is 10.1. The number of nitrogens with zero attached hydrogens (tertiary/aromatic N) is 1. The molecular weight excluding hydrogens is 390 g/mol. The van der Waals surface area contributed by atoms with Crippen LogP contribution in [0.3, 0.4) is 0 Å². The van der Waals surface area contributed by atoms with Crippen molar-refractivity contribution in [3.8, 4) is 0 Å². The zero-order valence-electron chi connectivity index (χ0n) is 23.4. The van der Waals surface area contributed by atoms with Gasteiger partial charge < -0.3 is 9.28 Å². The van der Waals surface area contributed by atoms with E-state index in [9.17, 15) is 4.79 Å². The van der Waals surface area contributed by atoms with Crippen LogP contribution in [0.25, 0.3) is 0 Å². The van der Waals surface area contributed by atoms with Crippen LogP contribution in [-0.2, 0) is 4.79 Å². The van der Waals surface area contributed by atoms with Gasteiger partial charge in [-0.1, -0.05) is 112 Å². The number of rotatable bonds is 24. The highest BCUT2D eigenvalue weighted by molar-refractivity contribution is 5.48. The van der Waals surface area contributed by atoms with Gasteiger partial charge in [0.05, 0.1) is 26.2 Å². The van der Waals surface area contributed by atoms with Gasteiger partial charge in [-0.2, -0.15) is 0 Å². The van der Waals surface area contributed by atoms with Gasteiger partial charge in [-0.15, -0.1) is 0 Å². The lowest BCUT2D eigenvalue weighted by Crippen LogP contribution is -2.50. The van der Waals surface area contributed by atoms with Gasteiger partial charge in [0, 0.05) is 6.42 Å². The maximum atomic E-state index is 9.17. The number of carbonyl (C=O) groups is 1. The molecule has 0 bridgehead atoms. The second kappa shape index (κ2) is 28.7. The lowest BCUT2D eigenvalue weighted by Gasteiger charge is -2.39. The number of quaternary nitrogens is 1. The van der Waals surface area contributed by atoms with Gasteiger partial charge >= 0.3 is 0 Å². The summed E-state index contributed by atoms with van der Waals surface area (Å²) < 4.78 is 1.45. The molecule has 32 heavy (non-hydrogen) atoms. The summed E-state index contributed by atoms with van der Waals surface area (Å²) in [5.41, 5.74) is 0. The fourth-order valence-electron chi connectivity index (χ4n) is 4.83. The highest BCUT2D eigenvalue weighted by atomic mass is 16.1. The minimum absolute atomic E-state index is 0.639. The van der Waals surface area contributed by atoms with Crippen molar-refractivity contribution in [2.24, 2.45) is 0 Å². The maximum absolute atomic E-state index is 9.17. The summed E-state index contributed by atoms with van der Waals surface area (Å²) in [6.45, 7) is 17.0. The van der Waals surface area contributed by atoms with E-state index in [1.54, 1.807) is 0 Å². The molecule has 0 amide bonds. The Morgan fingerprint density at radius 2 is 0.688 bits per heavy atom. The van der Waals surface area contributed by atoms with Gasteiger partial charge in [0.25, 0.3) is 0 Å².